The van der Waals surface area contributed by atoms with E-state index in [0.717, 1.165) is 16.9 Å². The largest absolute Gasteiger partial charge is 0.336 e. The molecule has 5 nitrogen and oxygen atoms in total. The second kappa shape index (κ2) is 8.47. The van der Waals surface area contributed by atoms with Gasteiger partial charge in [0.05, 0.1) is 12.6 Å². The van der Waals surface area contributed by atoms with Crippen molar-refractivity contribution in [1.29, 1.82) is 0 Å². The van der Waals surface area contributed by atoms with Crippen molar-refractivity contribution in [3.05, 3.63) is 57.8 Å². The molecule has 1 fully saturated rings. The van der Waals surface area contributed by atoms with E-state index in [2.05, 4.69) is 54.8 Å². The summed E-state index contributed by atoms with van der Waals surface area (Å²) in [4.78, 5) is 26.4. The summed E-state index contributed by atoms with van der Waals surface area (Å²) in [7, 11) is 0. The van der Waals surface area contributed by atoms with Crippen LogP contribution in [0.5, 0.6) is 0 Å². The first-order valence-electron chi connectivity index (χ1n) is 8.98. The maximum atomic E-state index is 12.3. The molecule has 2 aromatic rings. The van der Waals surface area contributed by atoms with Crippen molar-refractivity contribution in [2.75, 3.05) is 19.6 Å². The van der Waals surface area contributed by atoms with Crippen LogP contribution in [-0.4, -0.2) is 36.5 Å². The van der Waals surface area contributed by atoms with Crippen LogP contribution in [0, 0.1) is 5.92 Å². The Labute approximate surface area is 158 Å². The van der Waals surface area contributed by atoms with Crippen molar-refractivity contribution < 1.29 is 9.59 Å². The summed E-state index contributed by atoms with van der Waals surface area (Å²) in [6.45, 7) is 5.51. The number of amides is 3. The van der Waals surface area contributed by atoms with Gasteiger partial charge in [-0.05, 0) is 34.9 Å². The topological polar surface area (TPSA) is 61.4 Å². The molecule has 1 aliphatic heterocycles. The summed E-state index contributed by atoms with van der Waals surface area (Å²) in [5, 5.41) is 8.03. The van der Waals surface area contributed by atoms with Gasteiger partial charge in [0.25, 0.3) is 0 Å². The fourth-order valence-corrected chi connectivity index (χ4v) is 3.98. The SMILES string of the molecule is CC(C)Cc1ccc([C@H](NCC(=O)N2CCNC2=O)c2cccs2)cc1. The minimum atomic E-state index is -0.303. The molecule has 0 saturated carbocycles. The molecule has 0 radical (unpaired) electrons. The lowest BCUT2D eigenvalue weighted by molar-refractivity contribution is -0.126. The molecule has 2 heterocycles. The molecular weight excluding hydrogens is 346 g/mol. The number of nitrogens with zero attached hydrogens (tertiary/aromatic N) is 1. The molecule has 2 N–H and O–H groups in total. The summed E-state index contributed by atoms with van der Waals surface area (Å²) < 4.78 is 0. The van der Waals surface area contributed by atoms with Gasteiger partial charge >= 0.3 is 6.03 Å². The number of benzene rings is 1. The highest BCUT2D eigenvalue weighted by molar-refractivity contribution is 7.10. The van der Waals surface area contributed by atoms with Gasteiger partial charge in [-0.2, -0.15) is 0 Å². The van der Waals surface area contributed by atoms with Crippen LogP contribution in [0.15, 0.2) is 41.8 Å². The fourth-order valence-electron chi connectivity index (χ4n) is 3.15. The van der Waals surface area contributed by atoms with Crippen LogP contribution in [0.2, 0.25) is 0 Å². The van der Waals surface area contributed by atoms with Gasteiger partial charge < -0.3 is 5.32 Å². The third-order valence-corrected chi connectivity index (χ3v) is 5.34. The Kier molecular flexibility index (Phi) is 6.06. The molecule has 0 spiro atoms. The van der Waals surface area contributed by atoms with Crippen molar-refractivity contribution in [2.24, 2.45) is 5.92 Å². The van der Waals surface area contributed by atoms with E-state index < -0.39 is 0 Å². The quantitative estimate of drug-likeness (QED) is 0.786. The molecule has 0 aliphatic carbocycles. The van der Waals surface area contributed by atoms with Crippen LogP contribution in [0.4, 0.5) is 4.79 Å². The number of rotatable bonds is 7. The zero-order valence-corrected chi connectivity index (χ0v) is 16.0. The monoisotopic (exact) mass is 371 g/mol. The van der Waals surface area contributed by atoms with E-state index in [0.29, 0.717) is 19.0 Å². The summed E-state index contributed by atoms with van der Waals surface area (Å²) in [6.07, 6.45) is 1.06. The Morgan fingerprint density at radius 1 is 1.27 bits per heavy atom. The average Bonchev–Trinajstić information content (AvgIpc) is 3.27. The van der Waals surface area contributed by atoms with Crippen molar-refractivity contribution in [1.82, 2.24) is 15.5 Å². The van der Waals surface area contributed by atoms with Crippen molar-refractivity contribution in [2.45, 2.75) is 26.3 Å². The van der Waals surface area contributed by atoms with Crippen LogP contribution >= 0.6 is 11.3 Å². The predicted octanol–water partition coefficient (Wildman–Crippen LogP) is 3.18. The number of imide groups is 1. The zero-order valence-electron chi connectivity index (χ0n) is 15.2. The van der Waals surface area contributed by atoms with Crippen LogP contribution in [0.25, 0.3) is 0 Å². The highest BCUT2D eigenvalue weighted by Gasteiger charge is 2.26. The molecule has 0 bridgehead atoms. The Hall–Kier alpha value is -2.18. The number of hydrogen-bond donors (Lipinski definition) is 2. The Morgan fingerprint density at radius 3 is 2.62 bits per heavy atom. The minimum absolute atomic E-state index is 0.0577. The van der Waals surface area contributed by atoms with Gasteiger partial charge in [-0.15, -0.1) is 11.3 Å². The van der Waals surface area contributed by atoms with Gasteiger partial charge in [0, 0.05) is 18.0 Å². The van der Waals surface area contributed by atoms with Gasteiger partial charge in [0.2, 0.25) is 5.91 Å². The standard InChI is InChI=1S/C20H25N3O2S/c1-14(2)12-15-5-7-16(8-6-15)19(17-4-3-11-26-17)22-13-18(24)23-10-9-21-20(23)25/h3-8,11,14,19,22H,9-10,12-13H2,1-2H3,(H,21,25)/t19-/m0/s1. The van der Waals surface area contributed by atoms with Crippen LogP contribution in [-0.2, 0) is 11.2 Å². The lowest BCUT2D eigenvalue weighted by atomic mass is 9.99. The second-order valence-electron chi connectivity index (χ2n) is 6.95. The highest BCUT2D eigenvalue weighted by atomic mass is 32.1. The summed E-state index contributed by atoms with van der Waals surface area (Å²) >= 11 is 1.66. The van der Waals surface area contributed by atoms with Crippen molar-refractivity contribution in [3.63, 3.8) is 0 Å². The minimum Gasteiger partial charge on any atom is -0.336 e. The molecule has 3 rings (SSSR count). The number of hydrogen-bond acceptors (Lipinski definition) is 4. The number of thiophene rings is 1. The van der Waals surface area contributed by atoms with E-state index in [9.17, 15) is 9.59 Å². The summed E-state index contributed by atoms with van der Waals surface area (Å²) in [6, 6.07) is 12.3. The Balaban J connectivity index is 1.71. The predicted molar refractivity (Wildman–Crippen MR) is 104 cm³/mol. The summed E-state index contributed by atoms with van der Waals surface area (Å²) in [5.74, 6) is 0.425. The van der Waals surface area contributed by atoms with E-state index in [4.69, 9.17) is 0 Å². The molecule has 1 atom stereocenters. The molecule has 1 aromatic carbocycles. The molecule has 0 unspecified atom stereocenters. The van der Waals surface area contributed by atoms with E-state index in [1.165, 1.54) is 10.5 Å². The van der Waals surface area contributed by atoms with Gasteiger partial charge in [-0.3, -0.25) is 15.0 Å². The van der Waals surface area contributed by atoms with Gasteiger partial charge in [0.15, 0.2) is 0 Å². The number of nitrogens with one attached hydrogen (secondary N) is 2. The zero-order chi connectivity index (χ0) is 18.5. The molecule has 1 aromatic heterocycles. The first-order valence-corrected chi connectivity index (χ1v) is 9.86. The van der Waals surface area contributed by atoms with Crippen LogP contribution < -0.4 is 10.6 Å². The lowest BCUT2D eigenvalue weighted by Gasteiger charge is -2.20. The number of carbonyl (C=O) groups is 2. The Bertz CT molecular complexity index is 741. The van der Waals surface area contributed by atoms with Gasteiger partial charge in [-0.25, -0.2) is 4.79 Å². The van der Waals surface area contributed by atoms with Gasteiger partial charge in [-0.1, -0.05) is 44.2 Å². The Morgan fingerprint density at radius 2 is 2.04 bits per heavy atom. The number of carbonyl (C=O) groups excluding carboxylic acids is 2. The highest BCUT2D eigenvalue weighted by Crippen LogP contribution is 2.26. The molecule has 1 saturated heterocycles. The average molecular weight is 372 g/mol. The maximum absolute atomic E-state index is 12.3. The molecule has 3 amide bonds. The van der Waals surface area contributed by atoms with Crippen molar-refractivity contribution >= 4 is 23.3 Å². The molecule has 6 heteroatoms. The van der Waals surface area contributed by atoms with Crippen LogP contribution in [0.1, 0.15) is 35.9 Å². The number of urea groups is 1. The molecule has 1 aliphatic rings. The molecular formula is C20H25N3O2S. The van der Waals surface area contributed by atoms with E-state index in [1.54, 1.807) is 11.3 Å². The summed E-state index contributed by atoms with van der Waals surface area (Å²) in [5.41, 5.74) is 2.44. The lowest BCUT2D eigenvalue weighted by Crippen LogP contribution is -2.41. The fraction of sp³-hybridized carbons (Fsp3) is 0.400. The van der Waals surface area contributed by atoms with E-state index in [1.807, 2.05) is 11.4 Å². The van der Waals surface area contributed by atoms with E-state index in [-0.39, 0.29) is 24.5 Å². The van der Waals surface area contributed by atoms with Crippen LogP contribution in [0.3, 0.4) is 0 Å². The maximum Gasteiger partial charge on any atom is 0.324 e. The van der Waals surface area contributed by atoms with Gasteiger partial charge in [0.1, 0.15) is 0 Å². The smallest absolute Gasteiger partial charge is 0.324 e. The third-order valence-electron chi connectivity index (χ3n) is 4.40. The van der Waals surface area contributed by atoms with E-state index >= 15 is 0 Å². The second-order valence-corrected chi connectivity index (χ2v) is 7.93. The normalized spacial score (nSPS) is 15.3. The molecule has 138 valence electrons. The third kappa shape index (κ3) is 4.51. The van der Waals surface area contributed by atoms with Crippen molar-refractivity contribution in [3.8, 4) is 0 Å². The molecule has 26 heavy (non-hydrogen) atoms. The first-order chi connectivity index (χ1) is 12.5. The first kappa shape index (κ1) is 18.6.